The molecule has 1 saturated heterocycles. The zero-order valence-corrected chi connectivity index (χ0v) is 9.13. The fraction of sp³-hybridized carbons (Fsp3) is 0.800. The van der Waals surface area contributed by atoms with Gasteiger partial charge in [-0.15, -0.1) is 0 Å². The molecule has 0 bridgehead atoms. The predicted molar refractivity (Wildman–Crippen MR) is 48.4 cm³/mol. The molecule has 1 heterocycles. The standard InChI is InChI=1S/C10H10F7N/c11-6-7(18-4-2-1-3-5-18)9(14,15)10(16,17)8(6,12)13/h1-5H2. The Bertz CT molecular complexity index is 382. The maximum Gasteiger partial charge on any atom is 0.384 e. The SMILES string of the molecule is FC1=C(N2CCCCC2)C(F)(F)C(F)(F)C1(F)F. The van der Waals surface area contributed by atoms with Gasteiger partial charge < -0.3 is 4.90 Å². The second-order valence-electron chi connectivity index (χ2n) is 4.43. The summed E-state index contributed by atoms with van der Waals surface area (Å²) in [4.78, 5) is 0.605. The minimum atomic E-state index is -5.73. The van der Waals surface area contributed by atoms with E-state index in [0.717, 1.165) is 0 Å². The molecule has 8 heteroatoms. The van der Waals surface area contributed by atoms with E-state index in [2.05, 4.69) is 0 Å². The van der Waals surface area contributed by atoms with Crippen molar-refractivity contribution in [2.45, 2.75) is 37.0 Å². The van der Waals surface area contributed by atoms with Gasteiger partial charge in [0.2, 0.25) is 5.83 Å². The van der Waals surface area contributed by atoms with Gasteiger partial charge in [0.15, 0.2) is 0 Å². The van der Waals surface area contributed by atoms with Crippen LogP contribution in [0.5, 0.6) is 0 Å². The molecule has 0 spiro atoms. The Morgan fingerprint density at radius 1 is 0.778 bits per heavy atom. The predicted octanol–water partition coefficient (Wildman–Crippen LogP) is 3.57. The second-order valence-corrected chi connectivity index (χ2v) is 4.43. The zero-order chi connectivity index (χ0) is 13.8. The highest BCUT2D eigenvalue weighted by Gasteiger charge is 2.82. The monoisotopic (exact) mass is 277 g/mol. The van der Waals surface area contributed by atoms with Crippen molar-refractivity contribution < 1.29 is 30.7 Å². The Morgan fingerprint density at radius 3 is 1.67 bits per heavy atom. The van der Waals surface area contributed by atoms with Gasteiger partial charge in [-0.25, -0.2) is 4.39 Å². The molecule has 0 amide bonds. The molecule has 104 valence electrons. The second kappa shape index (κ2) is 3.77. The smallest absolute Gasteiger partial charge is 0.367 e. The lowest BCUT2D eigenvalue weighted by atomic mass is 10.1. The highest BCUT2D eigenvalue weighted by molar-refractivity contribution is 5.36. The van der Waals surface area contributed by atoms with Crippen molar-refractivity contribution in [3.05, 3.63) is 11.5 Å². The largest absolute Gasteiger partial charge is 0.384 e. The summed E-state index contributed by atoms with van der Waals surface area (Å²) in [6.45, 7) is -0.241. The van der Waals surface area contributed by atoms with Gasteiger partial charge in [-0.05, 0) is 19.3 Å². The number of likely N-dealkylation sites (tertiary alicyclic amines) is 1. The van der Waals surface area contributed by atoms with E-state index >= 15 is 0 Å². The van der Waals surface area contributed by atoms with E-state index in [9.17, 15) is 30.7 Å². The van der Waals surface area contributed by atoms with Crippen LogP contribution in [0.2, 0.25) is 0 Å². The molecule has 2 aliphatic rings. The van der Waals surface area contributed by atoms with E-state index in [-0.39, 0.29) is 13.1 Å². The highest BCUT2D eigenvalue weighted by Crippen LogP contribution is 2.60. The Kier molecular flexibility index (Phi) is 2.82. The van der Waals surface area contributed by atoms with Gasteiger partial charge in [-0.1, -0.05) is 0 Å². The normalized spacial score (nSPS) is 29.8. The Labute approximate surface area is 98.2 Å². The number of alkyl halides is 6. The molecule has 1 fully saturated rings. The summed E-state index contributed by atoms with van der Waals surface area (Å²) >= 11 is 0. The van der Waals surface area contributed by atoms with Crippen molar-refractivity contribution >= 4 is 0 Å². The van der Waals surface area contributed by atoms with Crippen molar-refractivity contribution in [1.29, 1.82) is 0 Å². The molecule has 1 aliphatic heterocycles. The van der Waals surface area contributed by atoms with Crippen molar-refractivity contribution in [1.82, 2.24) is 4.90 Å². The van der Waals surface area contributed by atoms with Crippen LogP contribution < -0.4 is 0 Å². The third-order valence-electron chi connectivity index (χ3n) is 3.24. The molecule has 0 radical (unpaired) electrons. The van der Waals surface area contributed by atoms with Crippen LogP contribution in [0.4, 0.5) is 30.7 Å². The number of halogens is 7. The minimum Gasteiger partial charge on any atom is -0.367 e. The van der Waals surface area contributed by atoms with Gasteiger partial charge in [-0.2, -0.15) is 26.3 Å². The molecule has 18 heavy (non-hydrogen) atoms. The molecule has 0 aromatic rings. The van der Waals surface area contributed by atoms with Crippen LogP contribution in [0.1, 0.15) is 19.3 Å². The third kappa shape index (κ3) is 1.46. The van der Waals surface area contributed by atoms with Gasteiger partial charge >= 0.3 is 17.8 Å². The van der Waals surface area contributed by atoms with E-state index in [1.807, 2.05) is 0 Å². The van der Waals surface area contributed by atoms with Crippen LogP contribution >= 0.6 is 0 Å². The summed E-state index contributed by atoms with van der Waals surface area (Å²) in [6, 6.07) is 0. The lowest BCUT2D eigenvalue weighted by Crippen LogP contribution is -2.51. The van der Waals surface area contributed by atoms with Crippen LogP contribution in [0.3, 0.4) is 0 Å². The average molecular weight is 277 g/mol. The van der Waals surface area contributed by atoms with Crippen LogP contribution in [0.25, 0.3) is 0 Å². The molecule has 0 aromatic heterocycles. The molecule has 2 rings (SSSR count). The topological polar surface area (TPSA) is 3.24 Å². The number of hydrogen-bond acceptors (Lipinski definition) is 1. The van der Waals surface area contributed by atoms with Crippen LogP contribution in [0.15, 0.2) is 11.5 Å². The van der Waals surface area contributed by atoms with Crippen molar-refractivity contribution in [2.75, 3.05) is 13.1 Å². The number of piperidine rings is 1. The Morgan fingerprint density at radius 2 is 1.28 bits per heavy atom. The molecular formula is C10H10F7N. The fourth-order valence-electron chi connectivity index (χ4n) is 2.23. The van der Waals surface area contributed by atoms with E-state index in [1.165, 1.54) is 0 Å². The van der Waals surface area contributed by atoms with Crippen LogP contribution in [-0.4, -0.2) is 35.8 Å². The Balaban J connectivity index is 2.47. The highest BCUT2D eigenvalue weighted by atomic mass is 19.3. The molecule has 1 nitrogen and oxygen atoms in total. The summed E-state index contributed by atoms with van der Waals surface area (Å²) < 4.78 is 91.7. The van der Waals surface area contributed by atoms with Gasteiger partial charge in [0.1, 0.15) is 5.70 Å². The maximum absolute atomic E-state index is 13.3. The molecule has 1 aliphatic carbocycles. The van der Waals surface area contributed by atoms with E-state index in [0.29, 0.717) is 24.2 Å². The van der Waals surface area contributed by atoms with E-state index in [1.54, 1.807) is 0 Å². The number of allylic oxidation sites excluding steroid dienone is 2. The van der Waals surface area contributed by atoms with Gasteiger partial charge in [0, 0.05) is 13.1 Å². The third-order valence-corrected chi connectivity index (χ3v) is 3.24. The summed E-state index contributed by atoms with van der Waals surface area (Å²) in [5.74, 6) is -19.1. The van der Waals surface area contributed by atoms with E-state index < -0.39 is 29.3 Å². The number of hydrogen-bond donors (Lipinski definition) is 0. The first kappa shape index (κ1) is 13.5. The first-order chi connectivity index (χ1) is 8.14. The molecule has 0 aromatic carbocycles. The lowest BCUT2D eigenvalue weighted by molar-refractivity contribution is -0.271. The summed E-state index contributed by atoms with van der Waals surface area (Å²) in [6.07, 6.45) is 1.43. The first-order valence-corrected chi connectivity index (χ1v) is 5.43. The summed E-state index contributed by atoms with van der Waals surface area (Å²) in [5.41, 5.74) is -1.85. The van der Waals surface area contributed by atoms with Crippen LogP contribution in [-0.2, 0) is 0 Å². The fourth-order valence-corrected chi connectivity index (χ4v) is 2.23. The average Bonchev–Trinajstić information content (AvgIpc) is 2.37. The number of nitrogens with zero attached hydrogens (tertiary/aromatic N) is 1. The Hall–Kier alpha value is -0.950. The summed E-state index contributed by atoms with van der Waals surface area (Å²) in [5, 5.41) is 0. The molecule has 0 N–H and O–H groups in total. The number of rotatable bonds is 1. The minimum absolute atomic E-state index is 0.121. The van der Waals surface area contributed by atoms with Gasteiger partial charge in [0.25, 0.3) is 0 Å². The van der Waals surface area contributed by atoms with Crippen molar-refractivity contribution in [3.63, 3.8) is 0 Å². The van der Waals surface area contributed by atoms with Crippen LogP contribution in [0, 0.1) is 0 Å². The van der Waals surface area contributed by atoms with E-state index in [4.69, 9.17) is 0 Å². The lowest BCUT2D eigenvalue weighted by Gasteiger charge is -2.33. The molecular weight excluding hydrogens is 267 g/mol. The molecule has 0 unspecified atom stereocenters. The summed E-state index contributed by atoms with van der Waals surface area (Å²) in [7, 11) is 0. The quantitative estimate of drug-likeness (QED) is 0.662. The van der Waals surface area contributed by atoms with Crippen molar-refractivity contribution in [3.8, 4) is 0 Å². The van der Waals surface area contributed by atoms with Crippen molar-refractivity contribution in [2.24, 2.45) is 0 Å². The molecule has 0 saturated carbocycles. The first-order valence-electron chi connectivity index (χ1n) is 5.43. The molecule has 0 atom stereocenters. The van der Waals surface area contributed by atoms with Gasteiger partial charge in [-0.3, -0.25) is 0 Å². The van der Waals surface area contributed by atoms with Gasteiger partial charge in [0.05, 0.1) is 0 Å². The maximum atomic E-state index is 13.3. The zero-order valence-electron chi connectivity index (χ0n) is 9.13.